The summed E-state index contributed by atoms with van der Waals surface area (Å²) in [6.07, 6.45) is 5.62. The summed E-state index contributed by atoms with van der Waals surface area (Å²) in [4.78, 5) is 0. The quantitative estimate of drug-likeness (QED) is 0.556. The number of rotatable bonds is 0. The van der Waals surface area contributed by atoms with E-state index >= 15 is 0 Å². The van der Waals surface area contributed by atoms with E-state index in [4.69, 9.17) is 4.74 Å². The van der Waals surface area contributed by atoms with Crippen molar-refractivity contribution in [3.63, 3.8) is 0 Å². The number of hydrogen-bond donors (Lipinski definition) is 0. The normalized spacial score (nSPS) is 39.7. The third-order valence-corrected chi connectivity index (χ3v) is 5.23. The van der Waals surface area contributed by atoms with Crippen LogP contribution in [-0.2, 0) is 4.74 Å². The van der Waals surface area contributed by atoms with Crippen LogP contribution in [0.2, 0.25) is 0 Å². The molecule has 2 aliphatic carbocycles. The van der Waals surface area contributed by atoms with Crippen LogP contribution in [-0.4, -0.2) is 11.2 Å². The molecule has 0 radical (unpaired) electrons. The Kier molecular flexibility index (Phi) is 1.09. The Hall–Kier alpha value is -0.0400. The van der Waals surface area contributed by atoms with Crippen molar-refractivity contribution in [1.82, 2.24) is 0 Å². The van der Waals surface area contributed by atoms with Gasteiger partial charge in [0.15, 0.2) is 0 Å². The molecule has 3 aliphatic rings. The maximum atomic E-state index is 6.29. The first-order valence-corrected chi connectivity index (χ1v) is 5.57. The fraction of sp³-hybridized carbons (Fsp3) is 1.00. The van der Waals surface area contributed by atoms with Gasteiger partial charge in [0, 0.05) is 10.8 Å². The van der Waals surface area contributed by atoms with E-state index in [9.17, 15) is 0 Å². The van der Waals surface area contributed by atoms with Gasteiger partial charge in [-0.15, -0.1) is 0 Å². The Morgan fingerprint density at radius 3 is 1.23 bits per heavy atom. The molecule has 0 aromatic heterocycles. The van der Waals surface area contributed by atoms with Crippen LogP contribution < -0.4 is 0 Å². The highest BCUT2D eigenvalue weighted by molar-refractivity contribution is 5.29. The molecule has 0 aromatic carbocycles. The van der Waals surface area contributed by atoms with Crippen molar-refractivity contribution in [2.45, 2.75) is 64.6 Å². The molecule has 3 rings (SSSR count). The molecule has 0 amide bonds. The predicted molar refractivity (Wildman–Crippen MR) is 52.6 cm³/mol. The standard InChI is InChI=1S/C12H20O/c1-9(2)11(5-6-11)12(7-8-12)10(3,4)13-9/h5-8H2,1-4H3. The highest BCUT2D eigenvalue weighted by atomic mass is 16.5. The van der Waals surface area contributed by atoms with E-state index in [1.54, 1.807) is 0 Å². The molecule has 1 heteroatoms. The van der Waals surface area contributed by atoms with Gasteiger partial charge in [0.2, 0.25) is 0 Å². The lowest BCUT2D eigenvalue weighted by molar-refractivity contribution is -0.0850. The average molecular weight is 180 g/mol. The van der Waals surface area contributed by atoms with Gasteiger partial charge in [0.1, 0.15) is 0 Å². The summed E-state index contributed by atoms with van der Waals surface area (Å²) >= 11 is 0. The molecular formula is C12H20O. The molecule has 0 atom stereocenters. The fourth-order valence-electron chi connectivity index (χ4n) is 4.40. The van der Waals surface area contributed by atoms with Gasteiger partial charge in [-0.3, -0.25) is 0 Å². The maximum absolute atomic E-state index is 6.29. The largest absolute Gasteiger partial charge is 0.369 e. The lowest BCUT2D eigenvalue weighted by atomic mass is 9.71. The Morgan fingerprint density at radius 1 is 0.692 bits per heavy atom. The van der Waals surface area contributed by atoms with Crippen molar-refractivity contribution in [3.8, 4) is 0 Å². The first-order chi connectivity index (χ1) is 5.87. The zero-order valence-corrected chi connectivity index (χ0v) is 9.24. The molecule has 1 nitrogen and oxygen atoms in total. The third-order valence-electron chi connectivity index (χ3n) is 5.23. The molecule has 2 spiro atoms. The highest BCUT2D eigenvalue weighted by Crippen LogP contribution is 2.83. The van der Waals surface area contributed by atoms with Crippen LogP contribution in [0.3, 0.4) is 0 Å². The van der Waals surface area contributed by atoms with E-state index in [1.807, 2.05) is 0 Å². The van der Waals surface area contributed by atoms with E-state index in [0.29, 0.717) is 10.8 Å². The Balaban J connectivity index is 2.11. The van der Waals surface area contributed by atoms with E-state index < -0.39 is 0 Å². The predicted octanol–water partition coefficient (Wildman–Crippen LogP) is 3.13. The van der Waals surface area contributed by atoms with Crippen molar-refractivity contribution in [2.24, 2.45) is 10.8 Å². The van der Waals surface area contributed by atoms with Gasteiger partial charge in [-0.1, -0.05) is 0 Å². The minimum absolute atomic E-state index is 0.132. The molecular weight excluding hydrogens is 160 g/mol. The smallest absolute Gasteiger partial charge is 0.0696 e. The van der Waals surface area contributed by atoms with Gasteiger partial charge in [-0.25, -0.2) is 0 Å². The van der Waals surface area contributed by atoms with Gasteiger partial charge in [0.05, 0.1) is 11.2 Å². The molecule has 0 aromatic rings. The second kappa shape index (κ2) is 1.71. The van der Waals surface area contributed by atoms with Gasteiger partial charge in [0.25, 0.3) is 0 Å². The third kappa shape index (κ3) is 0.643. The summed E-state index contributed by atoms with van der Waals surface area (Å²) in [5.41, 5.74) is 1.38. The summed E-state index contributed by atoms with van der Waals surface area (Å²) in [6, 6.07) is 0. The molecule has 0 unspecified atom stereocenters. The van der Waals surface area contributed by atoms with E-state index in [0.717, 1.165) is 0 Å². The van der Waals surface area contributed by atoms with Crippen molar-refractivity contribution in [3.05, 3.63) is 0 Å². The van der Waals surface area contributed by atoms with Crippen molar-refractivity contribution in [2.75, 3.05) is 0 Å². The van der Waals surface area contributed by atoms with Crippen LogP contribution in [0.25, 0.3) is 0 Å². The Labute approximate surface area is 80.8 Å². The van der Waals surface area contributed by atoms with Crippen LogP contribution in [0.15, 0.2) is 0 Å². The molecule has 13 heavy (non-hydrogen) atoms. The summed E-state index contributed by atoms with van der Waals surface area (Å²) < 4.78 is 6.29. The van der Waals surface area contributed by atoms with E-state index in [1.165, 1.54) is 25.7 Å². The Morgan fingerprint density at radius 2 is 1.00 bits per heavy atom. The molecule has 1 heterocycles. The second-order valence-electron chi connectivity index (χ2n) is 6.29. The fourth-order valence-corrected chi connectivity index (χ4v) is 4.40. The minimum Gasteiger partial charge on any atom is -0.369 e. The van der Waals surface area contributed by atoms with E-state index in [2.05, 4.69) is 27.7 Å². The molecule has 1 aliphatic heterocycles. The number of fused-ring (bicyclic) bond motifs is 1. The molecule has 2 saturated carbocycles. The minimum atomic E-state index is 0.132. The van der Waals surface area contributed by atoms with Crippen LogP contribution in [0.1, 0.15) is 53.4 Å². The average Bonchev–Trinajstić information content (AvgIpc) is 2.78. The van der Waals surface area contributed by atoms with Crippen molar-refractivity contribution >= 4 is 0 Å². The molecule has 74 valence electrons. The van der Waals surface area contributed by atoms with Crippen LogP contribution in [0, 0.1) is 10.8 Å². The van der Waals surface area contributed by atoms with Gasteiger partial charge >= 0.3 is 0 Å². The number of hydrogen-bond acceptors (Lipinski definition) is 1. The lowest BCUT2D eigenvalue weighted by Gasteiger charge is -2.29. The number of ether oxygens (including phenoxy) is 1. The first-order valence-electron chi connectivity index (χ1n) is 5.57. The zero-order chi connectivity index (χ0) is 9.54. The van der Waals surface area contributed by atoms with Crippen LogP contribution in [0.5, 0.6) is 0 Å². The SMILES string of the molecule is CC1(C)OC(C)(C)C2(CC2)C12CC2. The van der Waals surface area contributed by atoms with Crippen molar-refractivity contribution < 1.29 is 4.74 Å². The summed E-state index contributed by atoms with van der Waals surface area (Å²) in [5, 5.41) is 0. The van der Waals surface area contributed by atoms with Crippen molar-refractivity contribution in [1.29, 1.82) is 0 Å². The van der Waals surface area contributed by atoms with Crippen LogP contribution >= 0.6 is 0 Å². The first kappa shape index (κ1) is 8.28. The van der Waals surface area contributed by atoms with E-state index in [-0.39, 0.29) is 11.2 Å². The highest BCUT2D eigenvalue weighted by Gasteiger charge is 2.81. The molecule has 3 fully saturated rings. The summed E-state index contributed by atoms with van der Waals surface area (Å²) in [5.74, 6) is 0. The lowest BCUT2D eigenvalue weighted by Crippen LogP contribution is -2.33. The monoisotopic (exact) mass is 180 g/mol. The van der Waals surface area contributed by atoms with Crippen LogP contribution in [0.4, 0.5) is 0 Å². The summed E-state index contributed by atoms with van der Waals surface area (Å²) in [6.45, 7) is 9.20. The molecule has 0 bridgehead atoms. The van der Waals surface area contributed by atoms with Gasteiger partial charge < -0.3 is 4.74 Å². The van der Waals surface area contributed by atoms with Gasteiger partial charge in [-0.05, 0) is 53.4 Å². The second-order valence-corrected chi connectivity index (χ2v) is 6.29. The topological polar surface area (TPSA) is 9.23 Å². The Bertz CT molecular complexity index is 239. The summed E-state index contributed by atoms with van der Waals surface area (Å²) in [7, 11) is 0. The maximum Gasteiger partial charge on any atom is 0.0696 e. The molecule has 0 N–H and O–H groups in total. The molecule has 1 saturated heterocycles. The zero-order valence-electron chi connectivity index (χ0n) is 9.24. The van der Waals surface area contributed by atoms with Gasteiger partial charge in [-0.2, -0.15) is 0 Å².